The number of carbonyl (C=O) groups is 1. The van der Waals surface area contributed by atoms with Crippen LogP contribution in [-0.4, -0.2) is 36.0 Å². The molecule has 0 saturated carbocycles. The second kappa shape index (κ2) is 5.60. The number of phenols is 1. The Morgan fingerprint density at radius 3 is 2.80 bits per heavy atom. The normalized spacial score (nSPS) is 21.4. The van der Waals surface area contributed by atoms with Gasteiger partial charge in [-0.05, 0) is 55.0 Å². The number of aromatic hydroxyl groups is 1. The number of benzene rings is 2. The summed E-state index contributed by atoms with van der Waals surface area (Å²) in [5.74, 6) is 0.890. The molecule has 2 aliphatic rings. The SMILES string of the molecule is COc1ccc2c(c1O)-c1cccc3c1[C@@](C)(C2)N(CC(C)=O)CC3. The van der Waals surface area contributed by atoms with Gasteiger partial charge in [-0.2, -0.15) is 0 Å². The molecule has 1 aliphatic carbocycles. The fraction of sp³-hybridized carbons (Fsp3) is 0.381. The van der Waals surface area contributed by atoms with Gasteiger partial charge in [0.1, 0.15) is 5.78 Å². The van der Waals surface area contributed by atoms with Gasteiger partial charge in [0.2, 0.25) is 0 Å². The maximum absolute atomic E-state index is 11.8. The number of carbonyl (C=O) groups excluding carboxylic acids is 1. The highest BCUT2D eigenvalue weighted by Gasteiger charge is 2.44. The predicted octanol–water partition coefficient (Wildman–Crippen LogP) is 3.29. The molecule has 0 fully saturated rings. The van der Waals surface area contributed by atoms with Crippen LogP contribution in [0.25, 0.3) is 11.1 Å². The summed E-state index contributed by atoms with van der Waals surface area (Å²) in [6, 6.07) is 10.2. The highest BCUT2D eigenvalue weighted by atomic mass is 16.5. The maximum Gasteiger partial charge on any atom is 0.165 e. The van der Waals surface area contributed by atoms with Crippen molar-refractivity contribution in [3.05, 3.63) is 47.0 Å². The zero-order valence-corrected chi connectivity index (χ0v) is 14.9. The first-order valence-electron chi connectivity index (χ1n) is 8.72. The molecule has 0 aromatic heterocycles. The molecule has 0 unspecified atom stereocenters. The Bertz CT molecular complexity index is 874. The monoisotopic (exact) mass is 337 g/mol. The van der Waals surface area contributed by atoms with Gasteiger partial charge in [0, 0.05) is 17.6 Å². The van der Waals surface area contributed by atoms with Crippen molar-refractivity contribution in [2.24, 2.45) is 0 Å². The van der Waals surface area contributed by atoms with E-state index >= 15 is 0 Å². The zero-order chi connectivity index (χ0) is 17.8. The smallest absolute Gasteiger partial charge is 0.165 e. The first-order chi connectivity index (χ1) is 12.0. The summed E-state index contributed by atoms with van der Waals surface area (Å²) in [5.41, 5.74) is 5.36. The molecular weight excluding hydrogens is 314 g/mol. The van der Waals surface area contributed by atoms with Crippen LogP contribution in [0.1, 0.15) is 30.5 Å². The molecule has 2 aromatic carbocycles. The topological polar surface area (TPSA) is 49.8 Å². The molecule has 0 amide bonds. The van der Waals surface area contributed by atoms with Gasteiger partial charge in [-0.25, -0.2) is 0 Å². The van der Waals surface area contributed by atoms with Crippen LogP contribution in [0, 0.1) is 0 Å². The molecule has 0 saturated heterocycles. The molecule has 1 atom stereocenters. The highest BCUT2D eigenvalue weighted by molar-refractivity contribution is 5.84. The number of phenolic OH excluding ortho intramolecular Hbond substituents is 1. The Kier molecular flexibility index (Phi) is 3.62. The third kappa shape index (κ3) is 2.28. The second-order valence-electron chi connectivity index (χ2n) is 7.31. The number of fused-ring (bicyclic) bond motifs is 2. The Morgan fingerprint density at radius 2 is 2.08 bits per heavy atom. The molecule has 4 nitrogen and oxygen atoms in total. The molecule has 0 radical (unpaired) electrons. The maximum atomic E-state index is 11.8. The number of nitrogens with zero attached hydrogens (tertiary/aromatic N) is 1. The Balaban J connectivity index is 1.97. The lowest BCUT2D eigenvalue weighted by Gasteiger charge is -2.49. The van der Waals surface area contributed by atoms with Crippen LogP contribution in [0.15, 0.2) is 30.3 Å². The van der Waals surface area contributed by atoms with E-state index in [9.17, 15) is 9.90 Å². The Hall–Kier alpha value is -2.33. The first kappa shape index (κ1) is 16.2. The van der Waals surface area contributed by atoms with Crippen LogP contribution < -0.4 is 4.74 Å². The number of hydrogen-bond donors (Lipinski definition) is 1. The number of hydrogen-bond acceptors (Lipinski definition) is 4. The van der Waals surface area contributed by atoms with Gasteiger partial charge in [-0.15, -0.1) is 0 Å². The first-order valence-corrected chi connectivity index (χ1v) is 8.72. The van der Waals surface area contributed by atoms with Crippen molar-refractivity contribution in [2.45, 2.75) is 32.2 Å². The number of methoxy groups -OCH3 is 1. The number of ether oxygens (including phenoxy) is 1. The van der Waals surface area contributed by atoms with Crippen molar-refractivity contribution < 1.29 is 14.6 Å². The van der Waals surface area contributed by atoms with Crippen LogP contribution >= 0.6 is 0 Å². The lowest BCUT2D eigenvalue weighted by Crippen LogP contribution is -2.53. The van der Waals surface area contributed by atoms with Crippen molar-refractivity contribution in [1.29, 1.82) is 0 Å². The highest BCUT2D eigenvalue weighted by Crippen LogP contribution is 2.52. The summed E-state index contributed by atoms with van der Waals surface area (Å²) >= 11 is 0. The zero-order valence-electron chi connectivity index (χ0n) is 14.9. The Morgan fingerprint density at radius 1 is 1.28 bits per heavy atom. The van der Waals surface area contributed by atoms with Crippen molar-refractivity contribution in [3.8, 4) is 22.6 Å². The van der Waals surface area contributed by atoms with Gasteiger partial charge < -0.3 is 9.84 Å². The molecular formula is C21H23NO3. The van der Waals surface area contributed by atoms with Crippen LogP contribution in [-0.2, 0) is 23.2 Å². The Labute approximate surface area is 148 Å². The molecule has 4 rings (SSSR count). The third-order valence-corrected chi connectivity index (χ3v) is 5.70. The molecule has 1 aliphatic heterocycles. The van der Waals surface area contributed by atoms with Gasteiger partial charge in [-0.3, -0.25) is 9.69 Å². The van der Waals surface area contributed by atoms with Gasteiger partial charge >= 0.3 is 0 Å². The summed E-state index contributed by atoms with van der Waals surface area (Å²) in [7, 11) is 1.57. The summed E-state index contributed by atoms with van der Waals surface area (Å²) in [5, 5.41) is 10.8. The van der Waals surface area contributed by atoms with Gasteiger partial charge in [0.05, 0.1) is 13.7 Å². The average molecular weight is 337 g/mol. The van der Waals surface area contributed by atoms with Crippen molar-refractivity contribution in [2.75, 3.05) is 20.2 Å². The molecule has 25 heavy (non-hydrogen) atoms. The van der Waals surface area contributed by atoms with E-state index in [2.05, 4.69) is 30.0 Å². The van der Waals surface area contributed by atoms with E-state index in [4.69, 9.17) is 4.74 Å². The quantitative estimate of drug-likeness (QED) is 0.934. The van der Waals surface area contributed by atoms with Crippen LogP contribution in [0.4, 0.5) is 0 Å². The van der Waals surface area contributed by atoms with Gasteiger partial charge in [0.25, 0.3) is 0 Å². The summed E-state index contributed by atoms with van der Waals surface area (Å²) in [6.07, 6.45) is 1.70. The van der Waals surface area contributed by atoms with Crippen molar-refractivity contribution >= 4 is 5.78 Å². The fourth-order valence-electron chi connectivity index (χ4n) is 4.63. The molecule has 130 valence electrons. The average Bonchev–Trinajstić information content (AvgIpc) is 2.57. The van der Waals surface area contributed by atoms with Gasteiger partial charge in [-0.1, -0.05) is 24.3 Å². The summed E-state index contributed by atoms with van der Waals surface area (Å²) in [4.78, 5) is 14.1. The van der Waals surface area contributed by atoms with E-state index in [-0.39, 0.29) is 17.1 Å². The predicted molar refractivity (Wildman–Crippen MR) is 97.1 cm³/mol. The summed E-state index contributed by atoms with van der Waals surface area (Å²) < 4.78 is 5.32. The molecule has 1 N–H and O–H groups in total. The third-order valence-electron chi connectivity index (χ3n) is 5.70. The number of rotatable bonds is 3. The van der Waals surface area contributed by atoms with E-state index in [0.717, 1.165) is 36.1 Å². The van der Waals surface area contributed by atoms with Crippen LogP contribution in [0.5, 0.6) is 11.5 Å². The largest absolute Gasteiger partial charge is 0.504 e. The minimum absolute atomic E-state index is 0.186. The van der Waals surface area contributed by atoms with E-state index in [1.807, 2.05) is 12.1 Å². The number of ketones is 1. The fourth-order valence-corrected chi connectivity index (χ4v) is 4.63. The summed E-state index contributed by atoms with van der Waals surface area (Å²) in [6.45, 7) is 5.21. The molecule has 2 aromatic rings. The van der Waals surface area contributed by atoms with Crippen LogP contribution in [0.3, 0.4) is 0 Å². The lowest BCUT2D eigenvalue weighted by atomic mass is 9.69. The lowest BCUT2D eigenvalue weighted by molar-refractivity contribution is -0.120. The van der Waals surface area contributed by atoms with Crippen molar-refractivity contribution in [1.82, 2.24) is 4.90 Å². The minimum atomic E-state index is -0.232. The van der Waals surface area contributed by atoms with E-state index < -0.39 is 0 Å². The van der Waals surface area contributed by atoms with E-state index in [1.165, 1.54) is 11.1 Å². The molecule has 4 heteroatoms. The van der Waals surface area contributed by atoms with E-state index in [1.54, 1.807) is 14.0 Å². The minimum Gasteiger partial charge on any atom is -0.504 e. The van der Waals surface area contributed by atoms with Crippen LogP contribution in [0.2, 0.25) is 0 Å². The number of Topliss-reactive ketones (excluding diaryl/α,β-unsaturated/α-hetero) is 1. The molecule has 0 spiro atoms. The molecule has 1 heterocycles. The molecule has 0 bridgehead atoms. The standard InChI is InChI=1S/C21H23NO3/c1-13(23)12-22-10-9-14-5-4-6-16-18-15(11-21(22,2)19(14)16)7-8-17(25-3)20(18)24/h4-8,24H,9-12H2,1-3H3/t21-/m1/s1. The van der Waals surface area contributed by atoms with Crippen molar-refractivity contribution in [3.63, 3.8) is 0 Å². The van der Waals surface area contributed by atoms with Gasteiger partial charge in [0.15, 0.2) is 11.5 Å². The van der Waals surface area contributed by atoms with E-state index in [0.29, 0.717) is 12.3 Å². The second-order valence-corrected chi connectivity index (χ2v) is 7.31.